The van der Waals surface area contributed by atoms with E-state index in [0.717, 1.165) is 0 Å². The van der Waals surface area contributed by atoms with Gasteiger partial charge in [0.05, 0.1) is 17.3 Å². The maximum atomic E-state index is 14.4. The van der Waals surface area contributed by atoms with Gasteiger partial charge in [0, 0.05) is 47.7 Å². The molecule has 2 N–H and O–H groups in total. The van der Waals surface area contributed by atoms with Crippen LogP contribution in [0.3, 0.4) is 0 Å². The van der Waals surface area contributed by atoms with Gasteiger partial charge < -0.3 is 19.9 Å². The third-order valence-corrected chi connectivity index (χ3v) is 9.35. The maximum absolute atomic E-state index is 14.4. The van der Waals surface area contributed by atoms with E-state index in [1.807, 2.05) is 0 Å². The summed E-state index contributed by atoms with van der Waals surface area (Å²) in [4.78, 5) is 22.2. The first-order valence-electron chi connectivity index (χ1n) is 14.8. The topological polar surface area (TPSA) is 163 Å². The van der Waals surface area contributed by atoms with Crippen LogP contribution in [-0.2, 0) is 25.9 Å². The molecule has 2 atom stereocenters. The minimum atomic E-state index is -3.88. The summed E-state index contributed by atoms with van der Waals surface area (Å²) in [5.74, 6) is -0.908. The van der Waals surface area contributed by atoms with Gasteiger partial charge in [-0.05, 0) is 59.6 Å². The Kier molecular flexibility index (Phi) is 10.5. The summed E-state index contributed by atoms with van der Waals surface area (Å²) in [7, 11) is -3.88. The smallest absolute Gasteiger partial charge is 0.252 e. The molecule has 0 bridgehead atoms. The molecule has 4 aromatic rings. The molecular formula is C34H32FN5O6S. The normalized spacial score (nSPS) is 17.2. The molecule has 0 fully saturated rings. The van der Waals surface area contributed by atoms with Crippen molar-refractivity contribution in [3.8, 4) is 5.75 Å². The van der Waals surface area contributed by atoms with Gasteiger partial charge in [0.2, 0.25) is 5.90 Å². The summed E-state index contributed by atoms with van der Waals surface area (Å²) < 4.78 is 52.7. The van der Waals surface area contributed by atoms with Crippen LogP contribution in [0.15, 0.2) is 118 Å². The van der Waals surface area contributed by atoms with Crippen LogP contribution in [0.2, 0.25) is 0 Å². The van der Waals surface area contributed by atoms with E-state index in [-0.39, 0.29) is 36.1 Å². The number of aliphatic hydroxyl groups is 1. The van der Waals surface area contributed by atoms with Crippen LogP contribution in [0, 0.1) is 5.82 Å². The van der Waals surface area contributed by atoms with Gasteiger partial charge in [0.25, 0.3) is 5.91 Å². The van der Waals surface area contributed by atoms with Crippen molar-refractivity contribution >= 4 is 27.3 Å². The number of benzene rings is 4. The molecule has 0 aromatic heterocycles. The zero-order valence-corrected chi connectivity index (χ0v) is 26.0. The molecule has 1 aliphatic heterocycles. The molecule has 242 valence electrons. The van der Waals surface area contributed by atoms with Crippen molar-refractivity contribution in [3.05, 3.63) is 136 Å². The van der Waals surface area contributed by atoms with Gasteiger partial charge in [-0.3, -0.25) is 4.79 Å². The maximum Gasteiger partial charge on any atom is 0.252 e. The number of aliphatic imine (C=N–C) groups is 1. The van der Waals surface area contributed by atoms with Crippen LogP contribution in [0.4, 0.5) is 10.1 Å². The van der Waals surface area contributed by atoms with E-state index in [0.29, 0.717) is 35.5 Å². The largest absolute Gasteiger partial charge is 0.494 e. The van der Waals surface area contributed by atoms with Crippen LogP contribution < -0.4 is 10.1 Å². The van der Waals surface area contributed by atoms with E-state index in [1.54, 1.807) is 66.7 Å². The summed E-state index contributed by atoms with van der Waals surface area (Å²) in [5, 5.41) is 15.7. The molecule has 5 rings (SSSR count). The Morgan fingerprint density at radius 2 is 1.72 bits per heavy atom. The standard InChI is InChI=1S/C34H32FN5O6S/c35-26-15-11-24(12-16-26)23-37-33(42)34(19-22-47(43,44)28-7-2-1-3-8-28)31(29-9-4-5-10-30(29)39-40-36)46-32(38-34)25-13-17-27(18-14-25)45-21-6-20-41/h1-5,7-18,31,41H,6,19-23H2,(H,37,42)/t31-,34-/m1/s1. The number of nitrogens with one attached hydrogen (secondary N) is 1. The number of amides is 1. The first-order valence-corrected chi connectivity index (χ1v) is 16.5. The van der Waals surface area contributed by atoms with Crippen molar-refractivity contribution in [3.63, 3.8) is 0 Å². The number of aliphatic hydroxyl groups excluding tert-OH is 1. The number of carbonyl (C=O) groups excluding carboxylic acids is 1. The molecule has 1 heterocycles. The summed E-state index contributed by atoms with van der Waals surface area (Å²) in [5.41, 5.74) is 9.09. The lowest BCUT2D eigenvalue weighted by Crippen LogP contribution is -2.49. The Balaban J connectivity index is 1.59. The predicted molar refractivity (Wildman–Crippen MR) is 173 cm³/mol. The second-order valence-electron chi connectivity index (χ2n) is 10.7. The van der Waals surface area contributed by atoms with Crippen molar-refractivity contribution in [1.82, 2.24) is 5.32 Å². The Morgan fingerprint density at radius 3 is 2.43 bits per heavy atom. The highest BCUT2D eigenvalue weighted by Gasteiger charge is 2.54. The van der Waals surface area contributed by atoms with Gasteiger partial charge in [-0.1, -0.05) is 59.7 Å². The fourth-order valence-corrected chi connectivity index (χ4v) is 6.56. The van der Waals surface area contributed by atoms with Crippen LogP contribution in [0.25, 0.3) is 10.4 Å². The highest BCUT2D eigenvalue weighted by Crippen LogP contribution is 2.46. The van der Waals surface area contributed by atoms with Crippen LogP contribution in [-0.4, -0.2) is 49.8 Å². The summed E-state index contributed by atoms with van der Waals surface area (Å²) in [6.07, 6.45) is -1.02. The van der Waals surface area contributed by atoms with Crippen LogP contribution >= 0.6 is 0 Å². The molecule has 0 unspecified atom stereocenters. The highest BCUT2D eigenvalue weighted by molar-refractivity contribution is 7.91. The zero-order valence-electron chi connectivity index (χ0n) is 25.2. The molecule has 47 heavy (non-hydrogen) atoms. The van der Waals surface area contributed by atoms with Crippen molar-refractivity contribution in [2.75, 3.05) is 19.0 Å². The van der Waals surface area contributed by atoms with E-state index in [4.69, 9.17) is 19.6 Å². The fraction of sp³-hybridized carbons (Fsp3) is 0.235. The number of hydrogen-bond donors (Lipinski definition) is 2. The van der Waals surface area contributed by atoms with E-state index < -0.39 is 39.0 Å². The van der Waals surface area contributed by atoms with E-state index in [2.05, 4.69) is 15.3 Å². The number of rotatable bonds is 14. The van der Waals surface area contributed by atoms with Gasteiger partial charge in [-0.2, -0.15) is 0 Å². The van der Waals surface area contributed by atoms with Crippen molar-refractivity contribution in [2.45, 2.75) is 35.9 Å². The molecule has 4 aromatic carbocycles. The van der Waals surface area contributed by atoms with Gasteiger partial charge in [-0.15, -0.1) is 0 Å². The van der Waals surface area contributed by atoms with Gasteiger partial charge in [0.1, 0.15) is 11.6 Å². The number of azide groups is 1. The average molecular weight is 658 g/mol. The molecular weight excluding hydrogens is 625 g/mol. The monoisotopic (exact) mass is 657 g/mol. The molecule has 0 aliphatic carbocycles. The Bertz CT molecular complexity index is 1880. The third kappa shape index (κ3) is 7.78. The second-order valence-corrected chi connectivity index (χ2v) is 12.8. The van der Waals surface area contributed by atoms with Gasteiger partial charge in [-0.25, -0.2) is 17.8 Å². The highest BCUT2D eigenvalue weighted by atomic mass is 32.2. The van der Waals surface area contributed by atoms with E-state index in [9.17, 15) is 23.1 Å². The molecule has 1 aliphatic rings. The number of sulfone groups is 1. The minimum Gasteiger partial charge on any atom is -0.494 e. The molecule has 13 heteroatoms. The Labute approximate surface area is 271 Å². The number of carbonyl (C=O) groups is 1. The SMILES string of the molecule is [N-]=[N+]=Nc1ccccc1[C@H]1OC(c2ccc(OCCCO)cc2)=N[C@@]1(CCS(=O)(=O)c1ccccc1)C(=O)NCc1ccc(F)cc1. The summed E-state index contributed by atoms with van der Waals surface area (Å²) in [6, 6.07) is 26.8. The van der Waals surface area contributed by atoms with Crippen molar-refractivity contribution in [1.29, 1.82) is 0 Å². The van der Waals surface area contributed by atoms with E-state index in [1.165, 1.54) is 36.4 Å². The molecule has 0 spiro atoms. The minimum absolute atomic E-state index is 0.00173. The lowest BCUT2D eigenvalue weighted by atomic mass is 9.84. The lowest BCUT2D eigenvalue weighted by Gasteiger charge is -2.31. The lowest BCUT2D eigenvalue weighted by molar-refractivity contribution is -0.129. The first kappa shape index (κ1) is 33.1. The van der Waals surface area contributed by atoms with Crippen LogP contribution in [0.1, 0.15) is 35.6 Å². The fourth-order valence-electron chi connectivity index (χ4n) is 5.17. The number of ether oxygens (including phenoxy) is 2. The predicted octanol–water partition coefficient (Wildman–Crippen LogP) is 5.97. The van der Waals surface area contributed by atoms with Crippen molar-refractivity contribution in [2.24, 2.45) is 10.1 Å². The van der Waals surface area contributed by atoms with Crippen molar-refractivity contribution < 1.29 is 32.2 Å². The van der Waals surface area contributed by atoms with Gasteiger partial charge in [0.15, 0.2) is 21.5 Å². The molecule has 0 saturated carbocycles. The van der Waals surface area contributed by atoms with Crippen LogP contribution in [0.5, 0.6) is 5.75 Å². The average Bonchev–Trinajstić information content (AvgIpc) is 3.49. The van der Waals surface area contributed by atoms with E-state index >= 15 is 0 Å². The zero-order chi connectivity index (χ0) is 33.3. The second kappa shape index (κ2) is 14.9. The van der Waals surface area contributed by atoms with Gasteiger partial charge >= 0.3 is 0 Å². The molecule has 1 amide bonds. The molecule has 11 nitrogen and oxygen atoms in total. The Morgan fingerprint density at radius 1 is 1.02 bits per heavy atom. The number of hydrogen-bond acceptors (Lipinski definition) is 8. The number of halogens is 1. The number of nitrogens with zero attached hydrogens (tertiary/aromatic N) is 4. The molecule has 0 radical (unpaired) electrons. The summed E-state index contributed by atoms with van der Waals surface area (Å²) in [6.45, 7) is 0.313. The Hall–Kier alpha value is -5.23. The summed E-state index contributed by atoms with van der Waals surface area (Å²) >= 11 is 0. The molecule has 0 saturated heterocycles. The third-order valence-electron chi connectivity index (χ3n) is 7.62. The quantitative estimate of drug-likeness (QED) is 0.0735. The first-order chi connectivity index (χ1) is 22.8.